The van der Waals surface area contributed by atoms with Crippen LogP contribution in [0.2, 0.25) is 0 Å². The van der Waals surface area contributed by atoms with Gasteiger partial charge in [0.1, 0.15) is 11.6 Å². The van der Waals surface area contributed by atoms with Gasteiger partial charge in [-0.25, -0.2) is 4.39 Å². The molecule has 0 aromatic heterocycles. The number of ether oxygens (including phenoxy) is 1. The lowest BCUT2D eigenvalue weighted by molar-refractivity contribution is 0.303. The van der Waals surface area contributed by atoms with Crippen molar-refractivity contribution in [2.45, 2.75) is 39.0 Å². The second-order valence-electron chi connectivity index (χ2n) is 3.87. The molecule has 1 nitrogen and oxygen atoms in total. The van der Waals surface area contributed by atoms with Gasteiger partial charge in [0.15, 0.2) is 0 Å². The number of rotatable bonds is 7. The van der Waals surface area contributed by atoms with Gasteiger partial charge in [0.05, 0.1) is 6.61 Å². The summed E-state index contributed by atoms with van der Waals surface area (Å²) < 4.78 is 19.2. The molecule has 0 atom stereocenters. The molecule has 0 heterocycles. The Kier molecular flexibility index (Phi) is 6.46. The Morgan fingerprint density at radius 2 is 1.88 bits per heavy atom. The molecule has 16 heavy (non-hydrogen) atoms. The van der Waals surface area contributed by atoms with E-state index >= 15 is 0 Å². The Hall–Kier alpha value is -0.570. The summed E-state index contributed by atoms with van der Waals surface area (Å²) in [6.45, 7) is 2.86. The maximum Gasteiger partial charge on any atom is 0.128 e. The molecule has 1 aromatic rings. The number of benzene rings is 1. The Morgan fingerprint density at radius 3 is 2.56 bits per heavy atom. The number of halogens is 2. The van der Waals surface area contributed by atoms with Crippen LogP contribution in [0.3, 0.4) is 0 Å². The van der Waals surface area contributed by atoms with Crippen molar-refractivity contribution in [3.05, 3.63) is 28.5 Å². The molecule has 1 aromatic carbocycles. The van der Waals surface area contributed by atoms with Gasteiger partial charge in [0.2, 0.25) is 0 Å². The fraction of sp³-hybridized carbons (Fsp3) is 0.538. The molecule has 1 rings (SSSR count). The summed E-state index contributed by atoms with van der Waals surface area (Å²) in [5.41, 5.74) is 0. The average Bonchev–Trinajstić information content (AvgIpc) is 2.22. The van der Waals surface area contributed by atoms with Gasteiger partial charge in [0.25, 0.3) is 0 Å². The van der Waals surface area contributed by atoms with E-state index in [-0.39, 0.29) is 5.82 Å². The minimum absolute atomic E-state index is 0.268. The van der Waals surface area contributed by atoms with Crippen molar-refractivity contribution < 1.29 is 9.13 Å². The smallest absolute Gasteiger partial charge is 0.128 e. The highest BCUT2D eigenvalue weighted by molar-refractivity contribution is 9.10. The van der Waals surface area contributed by atoms with E-state index < -0.39 is 0 Å². The SMILES string of the molecule is CCCCCCCOc1cc(F)cc(Br)c1. The minimum atomic E-state index is -0.268. The van der Waals surface area contributed by atoms with Crippen molar-refractivity contribution in [2.24, 2.45) is 0 Å². The highest BCUT2D eigenvalue weighted by atomic mass is 79.9. The first-order chi connectivity index (χ1) is 7.72. The fourth-order valence-electron chi connectivity index (χ4n) is 1.51. The molecular weight excluding hydrogens is 271 g/mol. The summed E-state index contributed by atoms with van der Waals surface area (Å²) in [5, 5.41) is 0. The van der Waals surface area contributed by atoms with Gasteiger partial charge < -0.3 is 4.74 Å². The summed E-state index contributed by atoms with van der Waals surface area (Å²) in [5.74, 6) is 0.331. The predicted molar refractivity (Wildman–Crippen MR) is 68.4 cm³/mol. The second-order valence-corrected chi connectivity index (χ2v) is 4.78. The number of hydrogen-bond donors (Lipinski definition) is 0. The van der Waals surface area contributed by atoms with E-state index in [1.54, 1.807) is 6.07 Å². The van der Waals surface area contributed by atoms with Crippen LogP contribution in [0.1, 0.15) is 39.0 Å². The highest BCUT2D eigenvalue weighted by Crippen LogP contribution is 2.20. The molecule has 0 saturated heterocycles. The molecule has 0 spiro atoms. The van der Waals surface area contributed by atoms with Crippen LogP contribution in [-0.2, 0) is 0 Å². The third-order valence-corrected chi connectivity index (χ3v) is 2.81. The topological polar surface area (TPSA) is 9.23 Å². The average molecular weight is 289 g/mol. The van der Waals surface area contributed by atoms with Crippen molar-refractivity contribution in [2.75, 3.05) is 6.61 Å². The Balaban J connectivity index is 2.21. The number of hydrogen-bond acceptors (Lipinski definition) is 1. The first kappa shape index (κ1) is 13.5. The van der Waals surface area contributed by atoms with Crippen molar-refractivity contribution >= 4 is 15.9 Å². The first-order valence-electron chi connectivity index (χ1n) is 5.81. The van der Waals surface area contributed by atoms with E-state index in [4.69, 9.17) is 4.74 Å². The zero-order valence-electron chi connectivity index (χ0n) is 9.64. The van der Waals surface area contributed by atoms with Gasteiger partial charge in [0, 0.05) is 10.5 Å². The van der Waals surface area contributed by atoms with Gasteiger partial charge in [-0.05, 0) is 18.6 Å². The summed E-state index contributed by atoms with van der Waals surface area (Å²) >= 11 is 3.24. The third kappa shape index (κ3) is 5.50. The zero-order chi connectivity index (χ0) is 11.8. The van der Waals surface area contributed by atoms with Crippen LogP contribution in [0.25, 0.3) is 0 Å². The summed E-state index contributed by atoms with van der Waals surface area (Å²) in [6.07, 6.45) is 6.01. The van der Waals surface area contributed by atoms with Crippen LogP contribution in [0, 0.1) is 5.82 Å². The largest absolute Gasteiger partial charge is 0.493 e. The van der Waals surface area contributed by atoms with Crippen molar-refractivity contribution in [1.29, 1.82) is 0 Å². The van der Waals surface area contributed by atoms with Crippen LogP contribution in [0.4, 0.5) is 4.39 Å². The van der Waals surface area contributed by atoms with Crippen molar-refractivity contribution in [3.63, 3.8) is 0 Å². The van der Waals surface area contributed by atoms with Gasteiger partial charge in [-0.1, -0.05) is 48.5 Å². The minimum Gasteiger partial charge on any atom is -0.493 e. The molecule has 0 unspecified atom stereocenters. The maximum absolute atomic E-state index is 13.0. The van der Waals surface area contributed by atoms with Crippen LogP contribution >= 0.6 is 15.9 Å². The van der Waals surface area contributed by atoms with Crippen molar-refractivity contribution in [3.8, 4) is 5.75 Å². The molecular formula is C13H18BrFO. The molecule has 3 heteroatoms. The second kappa shape index (κ2) is 7.66. The standard InChI is InChI=1S/C13H18BrFO/c1-2-3-4-5-6-7-16-13-9-11(14)8-12(15)10-13/h8-10H,2-7H2,1H3. The molecule has 0 N–H and O–H groups in total. The van der Waals surface area contributed by atoms with Crippen LogP contribution in [0.5, 0.6) is 5.75 Å². The van der Waals surface area contributed by atoms with Crippen LogP contribution < -0.4 is 4.74 Å². The normalized spacial score (nSPS) is 10.4. The zero-order valence-corrected chi connectivity index (χ0v) is 11.2. The lowest BCUT2D eigenvalue weighted by Crippen LogP contribution is -1.97. The van der Waals surface area contributed by atoms with E-state index in [1.165, 1.54) is 37.8 Å². The van der Waals surface area contributed by atoms with Crippen LogP contribution in [0.15, 0.2) is 22.7 Å². The van der Waals surface area contributed by atoms with E-state index in [2.05, 4.69) is 22.9 Å². The van der Waals surface area contributed by atoms with Gasteiger partial charge in [-0.3, -0.25) is 0 Å². The Labute approximate surface area is 105 Å². The molecule has 0 saturated carbocycles. The summed E-state index contributed by atoms with van der Waals surface area (Å²) in [7, 11) is 0. The molecule has 0 fully saturated rings. The fourth-order valence-corrected chi connectivity index (χ4v) is 1.95. The lowest BCUT2D eigenvalue weighted by Gasteiger charge is -2.06. The molecule has 90 valence electrons. The summed E-state index contributed by atoms with van der Waals surface area (Å²) in [6, 6.07) is 4.63. The third-order valence-electron chi connectivity index (χ3n) is 2.35. The molecule has 0 aliphatic carbocycles. The van der Waals surface area contributed by atoms with E-state index in [0.717, 1.165) is 6.42 Å². The summed E-state index contributed by atoms with van der Waals surface area (Å²) in [4.78, 5) is 0. The Bertz CT molecular complexity index is 295. The molecule has 0 bridgehead atoms. The molecule has 0 aliphatic rings. The van der Waals surface area contributed by atoms with Gasteiger partial charge in [-0.15, -0.1) is 0 Å². The highest BCUT2D eigenvalue weighted by Gasteiger charge is 1.99. The molecule has 0 aliphatic heterocycles. The monoisotopic (exact) mass is 288 g/mol. The maximum atomic E-state index is 13.0. The van der Waals surface area contributed by atoms with E-state index in [0.29, 0.717) is 16.8 Å². The van der Waals surface area contributed by atoms with E-state index in [9.17, 15) is 4.39 Å². The van der Waals surface area contributed by atoms with Crippen molar-refractivity contribution in [1.82, 2.24) is 0 Å². The van der Waals surface area contributed by atoms with Gasteiger partial charge in [-0.2, -0.15) is 0 Å². The molecule has 0 radical (unpaired) electrons. The molecule has 0 amide bonds. The first-order valence-corrected chi connectivity index (χ1v) is 6.60. The van der Waals surface area contributed by atoms with Gasteiger partial charge >= 0.3 is 0 Å². The quantitative estimate of drug-likeness (QED) is 0.646. The predicted octanol–water partition coefficient (Wildman–Crippen LogP) is 4.94. The van der Waals surface area contributed by atoms with E-state index in [1.807, 2.05) is 0 Å². The lowest BCUT2D eigenvalue weighted by atomic mass is 10.2. The van der Waals surface area contributed by atoms with Crippen LogP contribution in [-0.4, -0.2) is 6.61 Å². The number of unbranched alkanes of at least 4 members (excludes halogenated alkanes) is 4. The Morgan fingerprint density at radius 1 is 1.12 bits per heavy atom.